The molecule has 0 atom stereocenters. The smallest absolute Gasteiger partial charge is 0.321 e. The van der Waals surface area contributed by atoms with Crippen molar-refractivity contribution in [2.24, 2.45) is 5.10 Å². The van der Waals surface area contributed by atoms with Crippen molar-refractivity contribution in [2.45, 2.75) is 37.6 Å². The first-order valence-corrected chi connectivity index (χ1v) is 6.97. The van der Waals surface area contributed by atoms with Crippen molar-refractivity contribution in [3.8, 4) is 0 Å². The van der Waals surface area contributed by atoms with Crippen LogP contribution in [-0.4, -0.2) is 28.7 Å². The topological polar surface area (TPSA) is 61.8 Å². The van der Waals surface area contributed by atoms with E-state index in [0.717, 1.165) is 42.7 Å². The molecule has 1 spiro atoms. The van der Waals surface area contributed by atoms with Crippen molar-refractivity contribution in [2.75, 3.05) is 0 Å². The van der Waals surface area contributed by atoms with Gasteiger partial charge in [-0.1, -0.05) is 49.6 Å². The van der Waals surface area contributed by atoms with Crippen molar-refractivity contribution in [1.82, 2.24) is 10.3 Å². The average molecular weight is 271 g/mol. The Bertz CT molecular complexity index is 547. The molecule has 1 saturated heterocycles. The number of urea groups is 1. The van der Waals surface area contributed by atoms with Crippen LogP contribution < -0.4 is 5.32 Å². The van der Waals surface area contributed by atoms with E-state index >= 15 is 0 Å². The molecule has 1 aliphatic carbocycles. The van der Waals surface area contributed by atoms with Gasteiger partial charge in [0.25, 0.3) is 5.91 Å². The van der Waals surface area contributed by atoms with Crippen molar-refractivity contribution < 1.29 is 9.59 Å². The van der Waals surface area contributed by atoms with Gasteiger partial charge >= 0.3 is 6.03 Å². The van der Waals surface area contributed by atoms with Crippen LogP contribution in [0.25, 0.3) is 0 Å². The molecule has 5 heteroatoms. The molecule has 0 bridgehead atoms. The second-order valence-corrected chi connectivity index (χ2v) is 5.35. The molecule has 1 aromatic rings. The number of hydrogen-bond donors (Lipinski definition) is 1. The molecule has 1 N–H and O–H groups in total. The van der Waals surface area contributed by atoms with Gasteiger partial charge in [-0.2, -0.15) is 5.10 Å². The van der Waals surface area contributed by atoms with Gasteiger partial charge in [0.2, 0.25) is 0 Å². The predicted molar refractivity (Wildman–Crippen MR) is 75.2 cm³/mol. The summed E-state index contributed by atoms with van der Waals surface area (Å²) >= 11 is 0. The Kier molecular flexibility index (Phi) is 3.26. The highest BCUT2D eigenvalue weighted by Crippen LogP contribution is 2.33. The number of benzene rings is 1. The molecule has 104 valence electrons. The predicted octanol–water partition coefficient (Wildman–Crippen LogP) is 2.28. The van der Waals surface area contributed by atoms with E-state index in [2.05, 4.69) is 10.4 Å². The molecule has 1 saturated carbocycles. The molecule has 20 heavy (non-hydrogen) atoms. The molecule has 2 fully saturated rings. The standard InChI is InChI=1S/C15H17N3O2/c19-13-15(9-5-2-6-10-15)17-14(20)18(13)16-11-12-7-3-1-4-8-12/h1,3-4,7-8,11H,2,5-6,9-10H2,(H,17,20). The zero-order valence-corrected chi connectivity index (χ0v) is 11.2. The lowest BCUT2D eigenvalue weighted by Crippen LogP contribution is -2.48. The second-order valence-electron chi connectivity index (χ2n) is 5.35. The van der Waals surface area contributed by atoms with Gasteiger partial charge in [0.15, 0.2) is 0 Å². The van der Waals surface area contributed by atoms with Crippen LogP contribution in [0.5, 0.6) is 0 Å². The molecular weight excluding hydrogens is 254 g/mol. The van der Waals surface area contributed by atoms with Gasteiger partial charge in [-0.15, -0.1) is 5.01 Å². The van der Waals surface area contributed by atoms with Gasteiger partial charge in [0.05, 0.1) is 6.21 Å². The summed E-state index contributed by atoms with van der Waals surface area (Å²) in [6.07, 6.45) is 6.05. The van der Waals surface area contributed by atoms with Crippen LogP contribution in [-0.2, 0) is 4.79 Å². The number of hydrogen-bond acceptors (Lipinski definition) is 3. The van der Waals surface area contributed by atoms with Gasteiger partial charge in [-0.3, -0.25) is 4.79 Å². The molecule has 1 aliphatic heterocycles. The first-order valence-electron chi connectivity index (χ1n) is 6.97. The van der Waals surface area contributed by atoms with E-state index in [4.69, 9.17) is 0 Å². The summed E-state index contributed by atoms with van der Waals surface area (Å²) in [4.78, 5) is 24.4. The Morgan fingerprint density at radius 1 is 1.10 bits per heavy atom. The maximum absolute atomic E-state index is 12.4. The van der Waals surface area contributed by atoms with Crippen molar-refractivity contribution in [3.63, 3.8) is 0 Å². The van der Waals surface area contributed by atoms with Gasteiger partial charge < -0.3 is 5.32 Å². The molecule has 3 rings (SSSR count). The fourth-order valence-corrected chi connectivity index (χ4v) is 2.87. The summed E-state index contributed by atoms with van der Waals surface area (Å²) in [7, 11) is 0. The molecular formula is C15H17N3O2. The van der Waals surface area contributed by atoms with Crippen LogP contribution in [0.2, 0.25) is 0 Å². The number of rotatable bonds is 2. The lowest BCUT2D eigenvalue weighted by atomic mass is 9.82. The summed E-state index contributed by atoms with van der Waals surface area (Å²) in [5, 5.41) is 7.85. The normalized spacial score (nSPS) is 21.7. The highest BCUT2D eigenvalue weighted by molar-refractivity contribution is 6.07. The molecule has 1 aromatic carbocycles. The maximum atomic E-state index is 12.4. The molecule has 2 aliphatic rings. The highest BCUT2D eigenvalue weighted by Gasteiger charge is 2.51. The summed E-state index contributed by atoms with van der Waals surface area (Å²) in [6, 6.07) is 9.01. The van der Waals surface area contributed by atoms with Gasteiger partial charge in [0, 0.05) is 0 Å². The van der Waals surface area contributed by atoms with Crippen molar-refractivity contribution in [1.29, 1.82) is 0 Å². The van der Waals surface area contributed by atoms with E-state index < -0.39 is 11.6 Å². The molecule has 5 nitrogen and oxygen atoms in total. The van der Waals surface area contributed by atoms with Crippen LogP contribution in [0, 0.1) is 0 Å². The van der Waals surface area contributed by atoms with Crippen LogP contribution in [0.3, 0.4) is 0 Å². The molecule has 3 amide bonds. The number of carbonyl (C=O) groups is 2. The van der Waals surface area contributed by atoms with E-state index in [-0.39, 0.29) is 5.91 Å². The third-order valence-electron chi connectivity index (χ3n) is 3.97. The van der Waals surface area contributed by atoms with Crippen LogP contribution in [0.4, 0.5) is 4.79 Å². The maximum Gasteiger partial charge on any atom is 0.346 e. The quantitative estimate of drug-likeness (QED) is 0.662. The lowest BCUT2D eigenvalue weighted by molar-refractivity contribution is -0.132. The first-order chi connectivity index (χ1) is 9.71. The SMILES string of the molecule is O=C1NC2(CCCCC2)C(=O)N1N=Cc1ccccc1. The summed E-state index contributed by atoms with van der Waals surface area (Å²) in [5.41, 5.74) is 0.154. The van der Waals surface area contributed by atoms with E-state index in [1.165, 1.54) is 0 Å². The monoisotopic (exact) mass is 271 g/mol. The Hall–Kier alpha value is -2.17. The Morgan fingerprint density at radius 2 is 1.80 bits per heavy atom. The third-order valence-corrected chi connectivity index (χ3v) is 3.97. The minimum atomic E-state index is -0.705. The summed E-state index contributed by atoms with van der Waals surface area (Å²) < 4.78 is 0. The number of imide groups is 1. The number of nitrogens with one attached hydrogen (secondary N) is 1. The zero-order valence-electron chi connectivity index (χ0n) is 11.2. The van der Waals surface area contributed by atoms with E-state index in [0.29, 0.717) is 0 Å². The first kappa shape index (κ1) is 12.8. The minimum absolute atomic E-state index is 0.214. The van der Waals surface area contributed by atoms with E-state index in [1.54, 1.807) is 6.21 Å². The minimum Gasteiger partial charge on any atom is -0.321 e. The second kappa shape index (κ2) is 5.07. The third kappa shape index (κ3) is 2.19. The van der Waals surface area contributed by atoms with Gasteiger partial charge in [-0.05, 0) is 18.4 Å². The fourth-order valence-electron chi connectivity index (χ4n) is 2.87. The van der Waals surface area contributed by atoms with Crippen molar-refractivity contribution in [3.05, 3.63) is 35.9 Å². The number of carbonyl (C=O) groups excluding carboxylic acids is 2. The van der Waals surface area contributed by atoms with Crippen molar-refractivity contribution >= 4 is 18.2 Å². The van der Waals surface area contributed by atoms with Gasteiger partial charge in [-0.25, -0.2) is 4.79 Å². The number of hydrazone groups is 1. The summed E-state index contributed by atoms with van der Waals surface area (Å²) in [6.45, 7) is 0. The largest absolute Gasteiger partial charge is 0.346 e. The molecule has 1 heterocycles. The van der Waals surface area contributed by atoms with E-state index in [1.807, 2.05) is 30.3 Å². The molecule has 0 unspecified atom stereocenters. The number of nitrogens with zero attached hydrogens (tertiary/aromatic N) is 2. The highest BCUT2D eigenvalue weighted by atomic mass is 16.2. The molecule has 0 radical (unpaired) electrons. The fraction of sp³-hybridized carbons (Fsp3) is 0.400. The Balaban J connectivity index is 1.79. The van der Waals surface area contributed by atoms with Crippen LogP contribution in [0.15, 0.2) is 35.4 Å². The van der Waals surface area contributed by atoms with Crippen LogP contribution in [0.1, 0.15) is 37.7 Å². The number of amides is 3. The Labute approximate surface area is 117 Å². The lowest BCUT2D eigenvalue weighted by Gasteiger charge is -2.29. The zero-order chi connectivity index (χ0) is 14.0. The summed E-state index contributed by atoms with van der Waals surface area (Å²) in [5.74, 6) is -0.214. The Morgan fingerprint density at radius 3 is 2.50 bits per heavy atom. The van der Waals surface area contributed by atoms with E-state index in [9.17, 15) is 9.59 Å². The van der Waals surface area contributed by atoms with Crippen LogP contribution >= 0.6 is 0 Å². The molecule has 0 aromatic heterocycles. The van der Waals surface area contributed by atoms with Gasteiger partial charge in [0.1, 0.15) is 5.54 Å². The average Bonchev–Trinajstić information content (AvgIpc) is 2.70.